The first-order valence-electron chi connectivity index (χ1n) is 10.0. The predicted molar refractivity (Wildman–Crippen MR) is 121 cm³/mol. The highest BCUT2D eigenvalue weighted by Crippen LogP contribution is 2.41. The van der Waals surface area contributed by atoms with E-state index in [1.165, 1.54) is 0 Å². The number of benzene rings is 3. The topological polar surface area (TPSA) is 68.3 Å². The zero-order valence-corrected chi connectivity index (χ0v) is 18.7. The van der Waals surface area contributed by atoms with Gasteiger partial charge in [0.2, 0.25) is 15.8 Å². The second-order valence-electron chi connectivity index (χ2n) is 7.25. The number of nitrogens with zero attached hydrogens (tertiary/aromatic N) is 2. The van der Waals surface area contributed by atoms with E-state index in [0.29, 0.717) is 48.3 Å². The molecule has 0 unspecified atom stereocenters. The fourth-order valence-electron chi connectivity index (χ4n) is 4.00. The van der Waals surface area contributed by atoms with E-state index in [1.54, 1.807) is 37.8 Å². The van der Waals surface area contributed by atoms with Crippen molar-refractivity contribution >= 4 is 26.5 Å². The van der Waals surface area contributed by atoms with Crippen molar-refractivity contribution in [2.45, 2.75) is 4.90 Å². The average molecular weight is 443 g/mol. The van der Waals surface area contributed by atoms with Gasteiger partial charge in [0, 0.05) is 49.4 Å². The largest absolute Gasteiger partial charge is 0.493 e. The lowest BCUT2D eigenvalue weighted by atomic mass is 10.1. The summed E-state index contributed by atoms with van der Waals surface area (Å²) in [6, 6.07) is 16.7. The van der Waals surface area contributed by atoms with Crippen molar-refractivity contribution in [3.8, 4) is 17.2 Å². The molecule has 31 heavy (non-hydrogen) atoms. The van der Waals surface area contributed by atoms with E-state index in [4.69, 9.17) is 14.2 Å². The Labute approximate surface area is 182 Å². The Kier molecular flexibility index (Phi) is 5.93. The van der Waals surface area contributed by atoms with Gasteiger partial charge in [-0.15, -0.1) is 0 Å². The molecule has 7 nitrogen and oxygen atoms in total. The van der Waals surface area contributed by atoms with Gasteiger partial charge in [-0.2, -0.15) is 4.31 Å². The van der Waals surface area contributed by atoms with Crippen molar-refractivity contribution < 1.29 is 22.6 Å². The molecule has 3 aromatic carbocycles. The number of ether oxygens (including phenoxy) is 3. The monoisotopic (exact) mass is 442 g/mol. The van der Waals surface area contributed by atoms with E-state index in [1.807, 2.05) is 42.5 Å². The molecule has 0 spiro atoms. The van der Waals surface area contributed by atoms with Crippen LogP contribution in [0, 0.1) is 0 Å². The van der Waals surface area contributed by atoms with Gasteiger partial charge in [0.05, 0.1) is 26.2 Å². The van der Waals surface area contributed by atoms with E-state index in [0.717, 1.165) is 16.5 Å². The summed E-state index contributed by atoms with van der Waals surface area (Å²) in [5.74, 6) is 1.68. The molecule has 1 aliphatic rings. The molecule has 1 heterocycles. The summed E-state index contributed by atoms with van der Waals surface area (Å²) in [6.45, 7) is 1.90. The SMILES string of the molecule is COc1cc(N2CCN(S(=O)(=O)c3cccc4ccccc34)CC2)cc(OC)c1OC. The Bertz CT molecular complexity index is 1160. The molecule has 0 N–H and O–H groups in total. The van der Waals surface area contributed by atoms with Gasteiger partial charge in [0.25, 0.3) is 0 Å². The maximum absolute atomic E-state index is 13.4. The molecule has 0 bridgehead atoms. The minimum absolute atomic E-state index is 0.354. The zero-order chi connectivity index (χ0) is 22.0. The van der Waals surface area contributed by atoms with Crippen LogP contribution in [0.15, 0.2) is 59.5 Å². The molecule has 0 atom stereocenters. The second-order valence-corrected chi connectivity index (χ2v) is 9.16. The maximum Gasteiger partial charge on any atom is 0.243 e. The van der Waals surface area contributed by atoms with Gasteiger partial charge in [-0.25, -0.2) is 8.42 Å². The van der Waals surface area contributed by atoms with Crippen molar-refractivity contribution in [1.29, 1.82) is 0 Å². The molecule has 0 amide bonds. The molecule has 1 saturated heterocycles. The average Bonchev–Trinajstić information content (AvgIpc) is 2.82. The third-order valence-corrected chi connectivity index (χ3v) is 7.58. The van der Waals surface area contributed by atoms with Crippen LogP contribution in [-0.2, 0) is 10.0 Å². The van der Waals surface area contributed by atoms with E-state index in [2.05, 4.69) is 4.90 Å². The molecule has 1 aliphatic heterocycles. The number of rotatable bonds is 6. The first-order chi connectivity index (χ1) is 15.0. The molecule has 0 aromatic heterocycles. The molecular formula is C23H26N2O5S. The Morgan fingerprint density at radius 1 is 0.774 bits per heavy atom. The fourth-order valence-corrected chi connectivity index (χ4v) is 5.63. The Balaban J connectivity index is 1.57. The number of fused-ring (bicyclic) bond motifs is 1. The zero-order valence-electron chi connectivity index (χ0n) is 17.9. The van der Waals surface area contributed by atoms with Crippen molar-refractivity contribution in [1.82, 2.24) is 4.31 Å². The van der Waals surface area contributed by atoms with Crippen LogP contribution in [-0.4, -0.2) is 60.2 Å². The number of methoxy groups -OCH3 is 3. The molecule has 0 saturated carbocycles. The van der Waals surface area contributed by atoms with Crippen LogP contribution in [0.1, 0.15) is 0 Å². The lowest BCUT2D eigenvalue weighted by molar-refractivity contribution is 0.324. The molecule has 4 rings (SSSR count). The van der Waals surface area contributed by atoms with Gasteiger partial charge in [-0.3, -0.25) is 0 Å². The van der Waals surface area contributed by atoms with Gasteiger partial charge in [0.15, 0.2) is 11.5 Å². The number of sulfonamides is 1. The molecular weight excluding hydrogens is 416 g/mol. The molecule has 164 valence electrons. The van der Waals surface area contributed by atoms with Crippen LogP contribution in [0.25, 0.3) is 10.8 Å². The molecule has 3 aromatic rings. The van der Waals surface area contributed by atoms with Crippen LogP contribution in [0.4, 0.5) is 5.69 Å². The summed E-state index contributed by atoms with van der Waals surface area (Å²) in [7, 11) is 1.13. The Morgan fingerprint density at radius 2 is 1.39 bits per heavy atom. The summed E-state index contributed by atoms with van der Waals surface area (Å²) < 4.78 is 44.6. The summed E-state index contributed by atoms with van der Waals surface area (Å²) in [5.41, 5.74) is 0.900. The quantitative estimate of drug-likeness (QED) is 0.583. The number of piperazine rings is 1. The van der Waals surface area contributed by atoms with Crippen LogP contribution in [0.2, 0.25) is 0 Å². The third kappa shape index (κ3) is 3.88. The molecule has 1 fully saturated rings. The minimum atomic E-state index is -3.59. The highest BCUT2D eigenvalue weighted by Gasteiger charge is 2.30. The summed E-state index contributed by atoms with van der Waals surface area (Å²) in [5, 5.41) is 1.66. The number of anilines is 1. The maximum atomic E-state index is 13.4. The lowest BCUT2D eigenvalue weighted by Crippen LogP contribution is -2.48. The van der Waals surface area contributed by atoms with E-state index >= 15 is 0 Å². The van der Waals surface area contributed by atoms with Crippen LogP contribution >= 0.6 is 0 Å². The summed E-state index contributed by atoms with van der Waals surface area (Å²) >= 11 is 0. The van der Waals surface area contributed by atoms with Gasteiger partial charge in [0.1, 0.15) is 0 Å². The second kappa shape index (κ2) is 8.64. The first-order valence-corrected chi connectivity index (χ1v) is 11.5. The molecule has 8 heteroatoms. The third-order valence-electron chi connectivity index (χ3n) is 5.62. The lowest BCUT2D eigenvalue weighted by Gasteiger charge is -2.36. The highest BCUT2D eigenvalue weighted by molar-refractivity contribution is 7.89. The van der Waals surface area contributed by atoms with E-state index < -0.39 is 10.0 Å². The number of hydrogen-bond donors (Lipinski definition) is 0. The fraction of sp³-hybridized carbons (Fsp3) is 0.304. The van der Waals surface area contributed by atoms with Crippen molar-refractivity contribution in [3.05, 3.63) is 54.6 Å². The van der Waals surface area contributed by atoms with Crippen molar-refractivity contribution in [3.63, 3.8) is 0 Å². The molecule has 0 aliphatic carbocycles. The van der Waals surface area contributed by atoms with Gasteiger partial charge in [-0.1, -0.05) is 36.4 Å². The predicted octanol–water partition coefficient (Wildman–Crippen LogP) is 3.38. The van der Waals surface area contributed by atoms with Gasteiger partial charge < -0.3 is 19.1 Å². The van der Waals surface area contributed by atoms with Crippen LogP contribution < -0.4 is 19.1 Å². The van der Waals surface area contributed by atoms with Crippen LogP contribution in [0.3, 0.4) is 0 Å². The van der Waals surface area contributed by atoms with Gasteiger partial charge >= 0.3 is 0 Å². The summed E-state index contributed by atoms with van der Waals surface area (Å²) in [6.07, 6.45) is 0. The molecule has 0 radical (unpaired) electrons. The standard InChI is InChI=1S/C23H26N2O5S/c1-28-20-15-18(16-21(29-2)23(20)30-3)24-11-13-25(14-12-24)31(26,27)22-10-6-8-17-7-4-5-9-19(17)22/h4-10,15-16H,11-14H2,1-3H3. The Morgan fingerprint density at radius 3 is 2.00 bits per heavy atom. The highest BCUT2D eigenvalue weighted by atomic mass is 32.2. The van der Waals surface area contributed by atoms with Gasteiger partial charge in [-0.05, 0) is 11.5 Å². The number of hydrogen-bond acceptors (Lipinski definition) is 6. The smallest absolute Gasteiger partial charge is 0.243 e. The first kappa shape index (κ1) is 21.3. The van der Waals surface area contributed by atoms with Crippen molar-refractivity contribution in [2.75, 3.05) is 52.4 Å². The normalized spacial score (nSPS) is 15.1. The van der Waals surface area contributed by atoms with Crippen molar-refractivity contribution in [2.24, 2.45) is 0 Å². The minimum Gasteiger partial charge on any atom is -0.493 e. The van der Waals surface area contributed by atoms with E-state index in [-0.39, 0.29) is 0 Å². The van der Waals surface area contributed by atoms with Crippen LogP contribution in [0.5, 0.6) is 17.2 Å². The van der Waals surface area contributed by atoms with E-state index in [9.17, 15) is 8.42 Å². The summed E-state index contributed by atoms with van der Waals surface area (Å²) in [4.78, 5) is 2.48. The Hall–Kier alpha value is -2.97.